The zero-order valence-electron chi connectivity index (χ0n) is 17.5. The van der Waals surface area contributed by atoms with Crippen molar-refractivity contribution in [2.75, 3.05) is 38.5 Å². The van der Waals surface area contributed by atoms with E-state index >= 15 is 0 Å². The van der Waals surface area contributed by atoms with Gasteiger partial charge in [-0.2, -0.15) is 0 Å². The minimum atomic E-state index is -3.32. The predicted octanol–water partition coefficient (Wildman–Crippen LogP) is 2.96. The van der Waals surface area contributed by atoms with Gasteiger partial charge in [0, 0.05) is 25.6 Å². The molecule has 6 nitrogen and oxygen atoms in total. The Morgan fingerprint density at radius 1 is 1.13 bits per heavy atom. The van der Waals surface area contributed by atoms with Crippen molar-refractivity contribution in [2.24, 2.45) is 10.9 Å². The third kappa shape index (κ3) is 6.57. The molecule has 0 amide bonds. The van der Waals surface area contributed by atoms with Crippen molar-refractivity contribution in [3.63, 3.8) is 0 Å². The Morgan fingerprint density at radius 3 is 2.53 bits per heavy atom. The standard InChI is InChI=1S/C23H31N3O3S/c1-2-24-23(25-14-16-30(27,28)22-11-7-4-8-12-22)26-15-13-21(17-26)19-29-18-20-9-5-3-6-10-20/h3-12,21H,2,13-19H2,1H3,(H,24,25). The molecule has 1 fully saturated rings. The SMILES string of the molecule is CCNC(=NCCS(=O)(=O)c1ccccc1)N1CCC(COCc2ccccc2)C1. The molecule has 3 rings (SSSR count). The topological polar surface area (TPSA) is 71.0 Å². The van der Waals surface area contributed by atoms with Crippen molar-refractivity contribution in [1.82, 2.24) is 10.2 Å². The number of rotatable bonds is 9. The molecule has 1 heterocycles. The van der Waals surface area contributed by atoms with Crippen LogP contribution in [0.5, 0.6) is 0 Å². The van der Waals surface area contributed by atoms with Gasteiger partial charge >= 0.3 is 0 Å². The second-order valence-electron chi connectivity index (χ2n) is 7.47. The fraction of sp³-hybridized carbons (Fsp3) is 0.435. The van der Waals surface area contributed by atoms with Crippen molar-refractivity contribution in [3.05, 3.63) is 66.2 Å². The minimum Gasteiger partial charge on any atom is -0.376 e. The monoisotopic (exact) mass is 429 g/mol. The summed E-state index contributed by atoms with van der Waals surface area (Å²) in [4.78, 5) is 7.13. The van der Waals surface area contributed by atoms with Crippen LogP contribution in [0.15, 0.2) is 70.6 Å². The van der Waals surface area contributed by atoms with Gasteiger partial charge in [0.25, 0.3) is 0 Å². The van der Waals surface area contributed by atoms with E-state index in [1.165, 1.54) is 5.56 Å². The van der Waals surface area contributed by atoms with Crippen molar-refractivity contribution in [1.29, 1.82) is 0 Å². The molecule has 2 aromatic rings. The van der Waals surface area contributed by atoms with Crippen molar-refractivity contribution < 1.29 is 13.2 Å². The van der Waals surface area contributed by atoms with Crippen molar-refractivity contribution in [3.8, 4) is 0 Å². The molecule has 0 aromatic heterocycles. The third-order valence-corrected chi connectivity index (χ3v) is 6.82. The van der Waals surface area contributed by atoms with Crippen LogP contribution in [-0.4, -0.2) is 57.8 Å². The molecule has 1 atom stereocenters. The highest BCUT2D eigenvalue weighted by Gasteiger charge is 2.25. The van der Waals surface area contributed by atoms with Gasteiger partial charge < -0.3 is 15.0 Å². The average Bonchev–Trinajstić information content (AvgIpc) is 3.23. The number of hydrogen-bond donors (Lipinski definition) is 1. The van der Waals surface area contributed by atoms with Gasteiger partial charge in [-0.15, -0.1) is 0 Å². The van der Waals surface area contributed by atoms with Crippen LogP contribution in [0.1, 0.15) is 18.9 Å². The number of likely N-dealkylation sites (tertiary alicyclic amines) is 1. The third-order valence-electron chi connectivity index (χ3n) is 5.11. The summed E-state index contributed by atoms with van der Waals surface area (Å²) in [5.41, 5.74) is 1.18. The number of hydrogen-bond acceptors (Lipinski definition) is 4. The average molecular weight is 430 g/mol. The van der Waals surface area contributed by atoms with E-state index < -0.39 is 9.84 Å². The van der Waals surface area contributed by atoms with Crippen LogP contribution in [0, 0.1) is 5.92 Å². The van der Waals surface area contributed by atoms with Crippen molar-refractivity contribution >= 4 is 15.8 Å². The summed E-state index contributed by atoms with van der Waals surface area (Å²) in [5.74, 6) is 1.24. The molecule has 30 heavy (non-hydrogen) atoms. The van der Waals surface area contributed by atoms with Gasteiger partial charge in [-0.1, -0.05) is 48.5 Å². The summed E-state index contributed by atoms with van der Waals surface area (Å²) >= 11 is 0. The maximum absolute atomic E-state index is 12.5. The molecule has 2 aromatic carbocycles. The maximum Gasteiger partial charge on any atom is 0.193 e. The van der Waals surface area contributed by atoms with Crippen LogP contribution < -0.4 is 5.32 Å². The van der Waals surface area contributed by atoms with Gasteiger partial charge in [0.15, 0.2) is 15.8 Å². The predicted molar refractivity (Wildman–Crippen MR) is 120 cm³/mol. The number of nitrogens with one attached hydrogen (secondary N) is 1. The Bertz CT molecular complexity index is 902. The number of sulfone groups is 1. The highest BCUT2D eigenvalue weighted by Crippen LogP contribution is 2.17. The summed E-state index contributed by atoms with van der Waals surface area (Å²) in [6, 6.07) is 18.7. The summed E-state index contributed by atoms with van der Waals surface area (Å²) in [5, 5.41) is 3.29. The molecule has 0 bridgehead atoms. The largest absolute Gasteiger partial charge is 0.376 e. The normalized spacial score (nSPS) is 17.3. The quantitative estimate of drug-likeness (QED) is 0.490. The van der Waals surface area contributed by atoms with Gasteiger partial charge in [-0.3, -0.25) is 4.99 Å². The van der Waals surface area contributed by atoms with E-state index in [-0.39, 0.29) is 12.3 Å². The lowest BCUT2D eigenvalue weighted by atomic mass is 10.1. The van der Waals surface area contributed by atoms with E-state index in [1.54, 1.807) is 24.3 Å². The summed E-state index contributed by atoms with van der Waals surface area (Å²) in [7, 11) is -3.32. The Kier molecular flexibility index (Phi) is 8.28. The highest BCUT2D eigenvalue weighted by molar-refractivity contribution is 7.91. The first kappa shape index (κ1) is 22.3. The van der Waals surface area contributed by atoms with Gasteiger partial charge in [-0.25, -0.2) is 8.42 Å². The zero-order valence-corrected chi connectivity index (χ0v) is 18.4. The van der Waals surface area contributed by atoms with E-state index in [4.69, 9.17) is 4.74 Å². The molecular weight excluding hydrogens is 398 g/mol. The molecule has 1 saturated heterocycles. The molecule has 1 N–H and O–H groups in total. The molecule has 1 aliphatic rings. The van der Waals surface area contributed by atoms with Gasteiger partial charge in [0.2, 0.25) is 0 Å². The Labute approximate surface area is 179 Å². The molecule has 0 spiro atoms. The van der Waals surface area contributed by atoms with E-state index in [0.29, 0.717) is 24.0 Å². The molecule has 162 valence electrons. The first-order chi connectivity index (χ1) is 14.6. The van der Waals surface area contributed by atoms with Crippen LogP contribution in [0.2, 0.25) is 0 Å². The lowest BCUT2D eigenvalue weighted by molar-refractivity contribution is 0.0907. The number of benzene rings is 2. The molecule has 0 radical (unpaired) electrons. The molecule has 0 saturated carbocycles. The van der Waals surface area contributed by atoms with E-state index in [0.717, 1.165) is 32.0 Å². The second-order valence-corrected chi connectivity index (χ2v) is 9.58. The molecule has 1 aliphatic heterocycles. The molecular formula is C23H31N3O3S. The number of guanidine groups is 1. The fourth-order valence-electron chi connectivity index (χ4n) is 3.52. The zero-order chi connectivity index (χ0) is 21.2. The molecule has 1 unspecified atom stereocenters. The number of aliphatic imine (C=N–C) groups is 1. The highest BCUT2D eigenvalue weighted by atomic mass is 32.2. The van der Waals surface area contributed by atoms with Crippen molar-refractivity contribution in [2.45, 2.75) is 24.8 Å². The maximum atomic E-state index is 12.5. The first-order valence-corrected chi connectivity index (χ1v) is 12.2. The van der Waals surface area contributed by atoms with E-state index in [1.807, 2.05) is 31.2 Å². The van der Waals surface area contributed by atoms with Gasteiger partial charge in [0.1, 0.15) is 0 Å². The number of ether oxygens (including phenoxy) is 1. The lowest BCUT2D eigenvalue weighted by Gasteiger charge is -2.21. The minimum absolute atomic E-state index is 0.00334. The Morgan fingerprint density at radius 2 is 1.83 bits per heavy atom. The van der Waals surface area contributed by atoms with Gasteiger partial charge in [0.05, 0.1) is 30.4 Å². The van der Waals surface area contributed by atoms with Crippen LogP contribution in [0.25, 0.3) is 0 Å². The van der Waals surface area contributed by atoms with E-state index in [9.17, 15) is 8.42 Å². The Hall–Kier alpha value is -2.38. The van der Waals surface area contributed by atoms with Crippen LogP contribution in [-0.2, 0) is 21.2 Å². The summed E-state index contributed by atoms with van der Waals surface area (Å²) < 4.78 is 30.8. The fourth-order valence-corrected chi connectivity index (χ4v) is 4.66. The Balaban J connectivity index is 1.49. The molecule has 7 heteroatoms. The molecule has 0 aliphatic carbocycles. The van der Waals surface area contributed by atoms with Crippen LogP contribution in [0.3, 0.4) is 0 Å². The lowest BCUT2D eigenvalue weighted by Crippen LogP contribution is -2.40. The number of nitrogens with zero attached hydrogens (tertiary/aromatic N) is 2. The second kappa shape index (κ2) is 11.1. The smallest absolute Gasteiger partial charge is 0.193 e. The van der Waals surface area contributed by atoms with Gasteiger partial charge in [-0.05, 0) is 31.0 Å². The first-order valence-electron chi connectivity index (χ1n) is 10.5. The summed E-state index contributed by atoms with van der Waals surface area (Å²) in [6.07, 6.45) is 1.04. The summed E-state index contributed by atoms with van der Waals surface area (Å²) in [6.45, 7) is 6.12. The van der Waals surface area contributed by atoms with E-state index in [2.05, 4.69) is 27.3 Å². The van der Waals surface area contributed by atoms with Crippen LogP contribution >= 0.6 is 0 Å². The van der Waals surface area contributed by atoms with Crippen LogP contribution in [0.4, 0.5) is 0 Å².